The number of aromatic nitrogens is 8. The van der Waals surface area contributed by atoms with Crippen molar-refractivity contribution in [1.82, 2.24) is 83.1 Å². The smallest absolute Gasteiger partial charge is 0.203 e. The summed E-state index contributed by atoms with van der Waals surface area (Å²) in [6.45, 7) is 21.5. The molecule has 25 nitrogen and oxygen atoms in total. The molecule has 121 heavy (non-hydrogen) atoms. The highest BCUT2D eigenvalue weighted by atomic mass is 16.5. The Bertz CT molecular complexity index is 4410. The number of hydrogen-bond donors (Lipinski definition) is 6. The van der Waals surface area contributed by atoms with Crippen molar-refractivity contribution in [3.05, 3.63) is 145 Å². The first-order chi connectivity index (χ1) is 56.8. The summed E-state index contributed by atoms with van der Waals surface area (Å²) in [6.07, 6.45) is 14.1. The van der Waals surface area contributed by atoms with Gasteiger partial charge in [-0.25, -0.2) is 19.9 Å². The van der Waals surface area contributed by atoms with Crippen LogP contribution in [0.3, 0.4) is 0 Å². The van der Waals surface area contributed by atoms with Crippen LogP contribution in [0.4, 0.5) is 23.8 Å². The van der Waals surface area contributed by atoms with E-state index in [4.69, 9.17) is 39.6 Å². The van der Waals surface area contributed by atoms with Gasteiger partial charge in [0.1, 0.15) is 23.0 Å². The van der Waals surface area contributed by atoms with E-state index in [2.05, 4.69) is 278 Å². The van der Waals surface area contributed by atoms with Crippen molar-refractivity contribution in [3.8, 4) is 23.0 Å². The standard InChI is InChI=1S/C29H41N5O.C28H40N6O.C18H29N5O.C17H29N5O.4CH4/c1-33(2)20-24-19-31-29-32-27-14-13-26(18-28(27)34(29)21-24)35-16-6-15-30-25-11-9-23(10-12-25)17-22-7-4-3-5-8-22;1-32(2)19-23-18-30-28-31-26-10-9-25(17-27(26)34(28)21-23)35-16-6-13-29-24-11-14-33(15-12-24)20-22-7-4-3-5-8-22;1-21(2)8-5-9-24-15-6-7-16-17(10-15)23-13-14(12-22(3)4)11-19-18(23)20-16;1-20(2)9-5-11-22-16-13-14(23-12-6-10-21(3)4)7-8-15(16)19-17(22)18;;;;/h3-5,7-8,13-14,18,23-25,30H,6,9-12,15-17,19-21H2,1-2H3,(H,31,32);3-5,7-10,17,23-24,29H,6,11-16,18-21H2,1-2H3,(H,30,31);6-7,10,14H,5,8-9,11-13H2,1-4H3,(H,19,20);7-8,13H,5-6,9-12H2,1-4H3,(H2,18,19);4*1H4. The van der Waals surface area contributed by atoms with Crippen molar-refractivity contribution in [3.63, 3.8) is 0 Å². The number of benzene rings is 6. The number of piperidine rings is 1. The second kappa shape index (κ2) is 49.5. The lowest BCUT2D eigenvalue weighted by Gasteiger charge is -2.32. The van der Waals surface area contributed by atoms with E-state index in [1.165, 1.54) is 74.7 Å². The Labute approximate surface area is 726 Å². The zero-order valence-corrected chi connectivity index (χ0v) is 72.6. The summed E-state index contributed by atoms with van der Waals surface area (Å²) in [5, 5.41) is 18.0. The summed E-state index contributed by atoms with van der Waals surface area (Å²) in [7, 11) is 25.3. The third-order valence-corrected chi connectivity index (χ3v) is 22.9. The molecular formula is C96H155N21O4. The summed E-state index contributed by atoms with van der Waals surface area (Å²) in [4.78, 5) is 34.5. The fourth-order valence-corrected chi connectivity index (χ4v) is 17.1. The maximum atomic E-state index is 6.13. The largest absolute Gasteiger partial charge is 0.493 e. The molecule has 0 radical (unpaired) electrons. The van der Waals surface area contributed by atoms with E-state index in [9.17, 15) is 0 Å². The molecule has 4 aliphatic heterocycles. The second-order valence-corrected chi connectivity index (χ2v) is 34.8. The van der Waals surface area contributed by atoms with Gasteiger partial charge in [0.05, 0.1) is 70.6 Å². The van der Waals surface area contributed by atoms with Crippen molar-refractivity contribution in [2.45, 2.75) is 152 Å². The Morgan fingerprint density at radius 1 is 0.388 bits per heavy atom. The molecule has 1 aliphatic carbocycles. The van der Waals surface area contributed by atoms with Crippen LogP contribution in [0.5, 0.6) is 23.0 Å². The summed E-state index contributed by atoms with van der Waals surface area (Å²) < 4.78 is 33.0. The molecule has 1 saturated heterocycles. The monoisotopic (exact) mass is 1670 g/mol. The van der Waals surface area contributed by atoms with E-state index >= 15 is 0 Å². The topological polar surface area (TPSA) is 217 Å². The highest BCUT2D eigenvalue weighted by molar-refractivity contribution is 5.83. The van der Waals surface area contributed by atoms with Gasteiger partial charge in [-0.2, -0.15) is 0 Å². The van der Waals surface area contributed by atoms with Gasteiger partial charge in [-0.05, 0) is 260 Å². The molecule has 3 unspecified atom stereocenters. The number of hydrogen-bond acceptors (Lipinski definition) is 21. The van der Waals surface area contributed by atoms with Gasteiger partial charge >= 0.3 is 0 Å². The Balaban J connectivity index is 0.000000202. The molecule has 15 rings (SSSR count). The van der Waals surface area contributed by atoms with Gasteiger partial charge in [0, 0.05) is 139 Å². The number of imidazole rings is 4. The number of nitrogens with zero attached hydrogens (tertiary/aromatic N) is 15. The highest BCUT2D eigenvalue weighted by Gasteiger charge is 2.27. The maximum absolute atomic E-state index is 6.13. The summed E-state index contributed by atoms with van der Waals surface area (Å²) in [6, 6.07) is 47.8. The van der Waals surface area contributed by atoms with Gasteiger partial charge < -0.3 is 98.9 Å². The van der Waals surface area contributed by atoms with E-state index in [0.717, 1.165) is 242 Å². The van der Waals surface area contributed by atoms with Crippen molar-refractivity contribution in [1.29, 1.82) is 0 Å². The lowest BCUT2D eigenvalue weighted by atomic mass is 9.82. The molecule has 3 atom stereocenters. The summed E-state index contributed by atoms with van der Waals surface area (Å²) in [5.74, 6) is 9.79. The SMILES string of the molecule is C.C.C.C.CN(C)CC1CNc2nc3ccc(OCCCNC4CCC(Cc5ccccc5)CC4)cc3n2C1.CN(C)CC1CNc2nc3ccc(OCCCNC4CCN(Cc5ccccc5)CC4)cc3n2C1.CN(C)CCCOc1ccc2nc(N)n(CCCN(C)C)c2c1.CN(C)CCCOc1ccc2nc3n(c2c1)CC(CN(C)C)CN3. The maximum Gasteiger partial charge on any atom is 0.203 e. The fourth-order valence-electron chi connectivity index (χ4n) is 17.1. The minimum absolute atomic E-state index is 0. The quantitative estimate of drug-likeness (QED) is 0.0201. The highest BCUT2D eigenvalue weighted by Crippen LogP contribution is 2.34. The molecule has 0 amide bonds. The van der Waals surface area contributed by atoms with E-state index in [1.54, 1.807) is 0 Å². The number of nitrogens with one attached hydrogen (secondary N) is 5. The zero-order chi connectivity index (χ0) is 82.0. The molecule has 4 aromatic heterocycles. The van der Waals surface area contributed by atoms with Crippen molar-refractivity contribution in [2.24, 2.45) is 23.7 Å². The van der Waals surface area contributed by atoms with E-state index in [-0.39, 0.29) is 29.7 Å². The van der Waals surface area contributed by atoms with Gasteiger partial charge in [0.25, 0.3) is 0 Å². The first-order valence-corrected chi connectivity index (χ1v) is 43.4. The molecular weight excluding hydrogens is 1510 g/mol. The van der Waals surface area contributed by atoms with Crippen LogP contribution in [0.25, 0.3) is 44.1 Å². The number of aryl methyl sites for hydroxylation is 1. The molecule has 0 bridgehead atoms. The lowest BCUT2D eigenvalue weighted by molar-refractivity contribution is 0.189. The third kappa shape index (κ3) is 30.0. The van der Waals surface area contributed by atoms with Crippen LogP contribution in [0, 0.1) is 23.7 Å². The number of anilines is 4. The lowest BCUT2D eigenvalue weighted by Crippen LogP contribution is -2.42. The van der Waals surface area contributed by atoms with E-state index in [1.807, 2.05) is 24.3 Å². The van der Waals surface area contributed by atoms with Gasteiger partial charge in [0.2, 0.25) is 23.8 Å². The van der Waals surface area contributed by atoms with E-state index < -0.39 is 0 Å². The van der Waals surface area contributed by atoms with Crippen LogP contribution < -0.4 is 51.3 Å². The van der Waals surface area contributed by atoms with Crippen molar-refractivity contribution < 1.29 is 18.9 Å². The van der Waals surface area contributed by atoms with Crippen LogP contribution in [0.15, 0.2) is 133 Å². The molecule has 25 heteroatoms. The number of ether oxygens (including phenoxy) is 4. The van der Waals surface area contributed by atoms with Crippen LogP contribution in [0.1, 0.15) is 111 Å². The average molecular weight is 1670 g/mol. The fraction of sp³-hybridized carbons (Fsp3) is 0.583. The van der Waals surface area contributed by atoms with Crippen LogP contribution in [0.2, 0.25) is 0 Å². The molecule has 0 spiro atoms. The number of fused-ring (bicyclic) bond motifs is 10. The van der Waals surface area contributed by atoms with Crippen LogP contribution >= 0.6 is 0 Å². The second-order valence-electron chi connectivity index (χ2n) is 34.8. The zero-order valence-electron chi connectivity index (χ0n) is 72.6. The van der Waals surface area contributed by atoms with Gasteiger partial charge in [-0.3, -0.25) is 4.90 Å². The summed E-state index contributed by atoms with van der Waals surface area (Å²) >= 11 is 0. The van der Waals surface area contributed by atoms with Gasteiger partial charge in [-0.1, -0.05) is 90.4 Å². The molecule has 10 aromatic rings. The Morgan fingerprint density at radius 3 is 1.13 bits per heavy atom. The molecule has 1 saturated carbocycles. The molecule has 8 heterocycles. The normalized spacial score (nSPS) is 17.6. The van der Waals surface area contributed by atoms with Gasteiger partial charge in [-0.15, -0.1) is 0 Å². The Hall–Kier alpha value is -8.76. The van der Waals surface area contributed by atoms with E-state index in [0.29, 0.717) is 42.4 Å². The minimum Gasteiger partial charge on any atom is -0.493 e. The Morgan fingerprint density at radius 2 is 0.744 bits per heavy atom. The Kier molecular flexibility index (Phi) is 40.0. The summed E-state index contributed by atoms with van der Waals surface area (Å²) in [5.41, 5.74) is 17.5. The number of nitrogens with two attached hydrogens (primary N) is 1. The minimum atomic E-state index is 0. The number of likely N-dealkylation sites (tertiary alicyclic amines) is 1. The first-order valence-electron chi connectivity index (χ1n) is 43.4. The predicted octanol–water partition coefficient (Wildman–Crippen LogP) is 14.9. The van der Waals surface area contributed by atoms with Crippen LogP contribution in [-0.4, -0.2) is 281 Å². The van der Waals surface area contributed by atoms with Crippen molar-refractivity contribution >= 4 is 67.9 Å². The average Bonchev–Trinajstić information content (AvgIpc) is 1.64. The molecule has 5 aliphatic rings. The number of rotatable bonds is 36. The third-order valence-electron chi connectivity index (χ3n) is 22.9. The number of nitrogen functional groups attached to an aromatic ring is 1. The molecule has 668 valence electrons. The predicted molar refractivity (Wildman–Crippen MR) is 509 cm³/mol. The van der Waals surface area contributed by atoms with Gasteiger partial charge in [0.15, 0.2) is 0 Å². The molecule has 2 fully saturated rings. The molecule has 7 N–H and O–H groups in total. The first kappa shape index (κ1) is 97.7. The molecule has 6 aromatic carbocycles. The van der Waals surface area contributed by atoms with Crippen molar-refractivity contribution in [2.75, 3.05) is 218 Å². The van der Waals surface area contributed by atoms with Crippen LogP contribution in [-0.2, 0) is 39.1 Å².